The van der Waals surface area contributed by atoms with Crippen LogP contribution in [0.15, 0.2) is 53.7 Å². The molecule has 0 N–H and O–H groups in total. The molecule has 0 spiro atoms. The van der Waals surface area contributed by atoms with Gasteiger partial charge in [-0.15, -0.1) is 5.10 Å². The quantitative estimate of drug-likeness (QED) is 0.477. The third-order valence-corrected chi connectivity index (χ3v) is 4.19. The zero-order valence-corrected chi connectivity index (χ0v) is 14.3. The number of nitrogens with zero attached hydrogens (tertiary/aromatic N) is 5. The van der Waals surface area contributed by atoms with E-state index < -0.39 is 0 Å². The van der Waals surface area contributed by atoms with Gasteiger partial charge in [0.25, 0.3) is 0 Å². The topological polar surface area (TPSA) is 85.8 Å². The van der Waals surface area contributed by atoms with Gasteiger partial charge in [-0.3, -0.25) is 0 Å². The molecule has 0 unspecified atom stereocenters. The van der Waals surface area contributed by atoms with E-state index >= 15 is 0 Å². The van der Waals surface area contributed by atoms with Crippen LogP contribution in [-0.2, 0) is 0 Å². The summed E-state index contributed by atoms with van der Waals surface area (Å²) in [6.07, 6.45) is 0. The fraction of sp³-hybridized carbons (Fsp3) is 0.176. The maximum Gasteiger partial charge on any atom is 0.214 e. The van der Waals surface area contributed by atoms with Crippen molar-refractivity contribution in [2.75, 3.05) is 19.5 Å². The summed E-state index contributed by atoms with van der Waals surface area (Å²) in [6.45, 7) is 0.481. The summed E-state index contributed by atoms with van der Waals surface area (Å²) in [5.41, 5.74) is 1.43. The Morgan fingerprint density at radius 1 is 1.16 bits per heavy atom. The highest BCUT2D eigenvalue weighted by Gasteiger charge is 2.09. The number of hydrogen-bond donors (Lipinski definition) is 0. The Hall–Kier alpha value is -3.05. The van der Waals surface area contributed by atoms with Crippen molar-refractivity contribution in [2.24, 2.45) is 0 Å². The SMILES string of the molecule is COc1ccc(-n2nnnc2SCCOc2cccc(C#N)c2)cc1. The number of hydrogen-bond acceptors (Lipinski definition) is 7. The highest BCUT2D eigenvalue weighted by molar-refractivity contribution is 7.99. The Morgan fingerprint density at radius 3 is 2.76 bits per heavy atom. The van der Waals surface area contributed by atoms with Crippen LogP contribution in [0.1, 0.15) is 5.56 Å². The molecule has 0 atom stereocenters. The Labute approximate surface area is 149 Å². The molecule has 0 radical (unpaired) electrons. The zero-order chi connectivity index (χ0) is 17.5. The smallest absolute Gasteiger partial charge is 0.214 e. The van der Waals surface area contributed by atoms with Crippen molar-refractivity contribution in [3.8, 4) is 23.3 Å². The van der Waals surface area contributed by atoms with E-state index in [4.69, 9.17) is 14.7 Å². The predicted octanol–water partition coefficient (Wildman–Crippen LogP) is 2.71. The lowest BCUT2D eigenvalue weighted by Crippen LogP contribution is -2.03. The monoisotopic (exact) mass is 353 g/mol. The standard InChI is InChI=1S/C17H15N5O2S/c1-23-15-7-5-14(6-8-15)22-17(19-20-21-22)25-10-9-24-16-4-2-3-13(11-16)12-18/h2-8,11H,9-10H2,1H3. The van der Waals surface area contributed by atoms with Crippen molar-refractivity contribution in [3.63, 3.8) is 0 Å². The molecule has 8 heteroatoms. The van der Waals surface area contributed by atoms with Gasteiger partial charge in [-0.05, 0) is 52.9 Å². The fourth-order valence-corrected chi connectivity index (χ4v) is 2.81. The van der Waals surface area contributed by atoms with Crippen LogP contribution in [0.5, 0.6) is 11.5 Å². The van der Waals surface area contributed by atoms with Crippen LogP contribution in [0.3, 0.4) is 0 Å². The van der Waals surface area contributed by atoms with E-state index in [9.17, 15) is 0 Å². The van der Waals surface area contributed by atoms with Crippen molar-refractivity contribution in [3.05, 3.63) is 54.1 Å². The van der Waals surface area contributed by atoms with Crippen LogP contribution >= 0.6 is 11.8 Å². The molecular formula is C17H15N5O2S. The highest BCUT2D eigenvalue weighted by Crippen LogP contribution is 2.20. The van der Waals surface area contributed by atoms with Gasteiger partial charge in [0.2, 0.25) is 5.16 Å². The van der Waals surface area contributed by atoms with E-state index in [1.165, 1.54) is 11.8 Å². The Kier molecular flexibility index (Phi) is 5.49. The van der Waals surface area contributed by atoms with E-state index in [1.807, 2.05) is 30.3 Å². The van der Waals surface area contributed by atoms with Crippen molar-refractivity contribution in [1.29, 1.82) is 5.26 Å². The van der Waals surface area contributed by atoms with E-state index in [0.717, 1.165) is 11.4 Å². The van der Waals surface area contributed by atoms with Gasteiger partial charge in [0.1, 0.15) is 11.5 Å². The first-order valence-corrected chi connectivity index (χ1v) is 8.47. The van der Waals surface area contributed by atoms with Gasteiger partial charge in [-0.1, -0.05) is 17.8 Å². The van der Waals surface area contributed by atoms with Crippen molar-refractivity contribution in [2.45, 2.75) is 5.16 Å². The summed E-state index contributed by atoms with van der Waals surface area (Å²) in [4.78, 5) is 0. The molecular weight excluding hydrogens is 338 g/mol. The highest BCUT2D eigenvalue weighted by atomic mass is 32.2. The van der Waals surface area contributed by atoms with Crippen molar-refractivity contribution >= 4 is 11.8 Å². The Bertz CT molecular complexity index is 873. The molecule has 1 heterocycles. The number of aromatic nitrogens is 4. The minimum Gasteiger partial charge on any atom is -0.497 e. The molecule has 126 valence electrons. The molecule has 25 heavy (non-hydrogen) atoms. The molecule has 0 aliphatic heterocycles. The number of ether oxygens (including phenoxy) is 2. The van der Waals surface area contributed by atoms with Crippen LogP contribution in [0.25, 0.3) is 5.69 Å². The average Bonchev–Trinajstić information content (AvgIpc) is 3.14. The molecule has 0 aliphatic carbocycles. The summed E-state index contributed by atoms with van der Waals surface area (Å²) < 4.78 is 12.5. The number of tetrazole rings is 1. The lowest BCUT2D eigenvalue weighted by atomic mass is 10.2. The minimum atomic E-state index is 0.481. The van der Waals surface area contributed by atoms with Crippen LogP contribution in [0.2, 0.25) is 0 Å². The third-order valence-electron chi connectivity index (χ3n) is 3.30. The molecule has 3 aromatic rings. The first-order valence-electron chi connectivity index (χ1n) is 7.49. The first kappa shape index (κ1) is 16.8. The number of nitriles is 1. The number of rotatable bonds is 7. The Morgan fingerprint density at radius 2 is 2.00 bits per heavy atom. The van der Waals surface area contributed by atoms with Gasteiger partial charge >= 0.3 is 0 Å². The van der Waals surface area contributed by atoms with E-state index in [1.54, 1.807) is 30.0 Å². The Balaban J connectivity index is 1.57. The summed E-state index contributed by atoms with van der Waals surface area (Å²) in [6, 6.07) is 16.7. The van der Waals surface area contributed by atoms with E-state index in [0.29, 0.717) is 28.8 Å². The normalized spacial score (nSPS) is 10.2. The maximum absolute atomic E-state index is 8.89. The summed E-state index contributed by atoms with van der Waals surface area (Å²) in [5.74, 6) is 2.13. The molecule has 0 bridgehead atoms. The van der Waals surface area contributed by atoms with Crippen LogP contribution in [0.4, 0.5) is 0 Å². The summed E-state index contributed by atoms with van der Waals surface area (Å²) in [7, 11) is 1.62. The lowest BCUT2D eigenvalue weighted by Gasteiger charge is -2.07. The summed E-state index contributed by atoms with van der Waals surface area (Å²) in [5, 5.41) is 21.4. The molecule has 1 aromatic heterocycles. The third kappa shape index (κ3) is 4.28. The second kappa shape index (κ2) is 8.17. The lowest BCUT2D eigenvalue weighted by molar-refractivity contribution is 0.343. The van der Waals surface area contributed by atoms with Gasteiger partial charge in [0.15, 0.2) is 0 Å². The minimum absolute atomic E-state index is 0.481. The van der Waals surface area contributed by atoms with Gasteiger partial charge in [-0.2, -0.15) is 9.94 Å². The van der Waals surface area contributed by atoms with Gasteiger partial charge in [0, 0.05) is 5.75 Å². The second-order valence-corrected chi connectivity index (χ2v) is 5.97. The van der Waals surface area contributed by atoms with Gasteiger partial charge in [-0.25, -0.2) is 0 Å². The number of benzene rings is 2. The fourth-order valence-electron chi connectivity index (χ4n) is 2.10. The molecule has 3 rings (SSSR count). The first-order chi connectivity index (χ1) is 12.3. The molecule has 0 saturated carbocycles. The maximum atomic E-state index is 8.89. The number of methoxy groups -OCH3 is 1. The van der Waals surface area contributed by atoms with Crippen LogP contribution < -0.4 is 9.47 Å². The second-order valence-electron chi connectivity index (χ2n) is 4.91. The molecule has 0 amide bonds. The molecule has 7 nitrogen and oxygen atoms in total. The number of thioether (sulfide) groups is 1. The largest absolute Gasteiger partial charge is 0.497 e. The average molecular weight is 353 g/mol. The molecule has 2 aromatic carbocycles. The van der Waals surface area contributed by atoms with E-state index in [2.05, 4.69) is 21.6 Å². The van der Waals surface area contributed by atoms with Crippen molar-refractivity contribution < 1.29 is 9.47 Å². The summed E-state index contributed by atoms with van der Waals surface area (Å²) >= 11 is 1.49. The van der Waals surface area contributed by atoms with Crippen LogP contribution in [-0.4, -0.2) is 39.7 Å². The van der Waals surface area contributed by atoms with Crippen molar-refractivity contribution in [1.82, 2.24) is 20.2 Å². The van der Waals surface area contributed by atoms with Gasteiger partial charge < -0.3 is 9.47 Å². The van der Waals surface area contributed by atoms with E-state index in [-0.39, 0.29) is 0 Å². The molecule has 0 aliphatic rings. The van der Waals surface area contributed by atoms with Gasteiger partial charge in [0.05, 0.1) is 31.0 Å². The molecule has 0 fully saturated rings. The predicted molar refractivity (Wildman–Crippen MR) is 93.1 cm³/mol. The zero-order valence-electron chi connectivity index (χ0n) is 13.5. The molecule has 0 saturated heterocycles. The van der Waals surface area contributed by atoms with Crippen LogP contribution in [0, 0.1) is 11.3 Å².